The Bertz CT molecular complexity index is 1010. The molecule has 2 saturated carbocycles. The van der Waals surface area contributed by atoms with Gasteiger partial charge in [-0.05, 0) is 32.6 Å². The van der Waals surface area contributed by atoms with Gasteiger partial charge in [-0.3, -0.25) is 14.7 Å². The molecule has 0 spiro atoms. The summed E-state index contributed by atoms with van der Waals surface area (Å²) in [6.45, 7) is 4.97. The molecule has 2 N–H and O–H groups in total. The number of nitrogens with zero attached hydrogens (tertiary/aromatic N) is 7. The molecule has 0 amide bonds. The standard InChI is InChI=1S/C20H26F3N9/c1-4-25-18(12(2)20(21,22)23)30-19(24-3)29-16-11-28-31(17(16)13-5-6-13)14-9-15(10-14)32-26-7-8-27-32/h7-8,11,13-15H,2,4-6,9-10H2,1,3H3,(H2,24,25,29,30). The largest absolute Gasteiger partial charge is 0.419 e. The van der Waals surface area contributed by atoms with Gasteiger partial charge in [0.1, 0.15) is 5.84 Å². The maximum atomic E-state index is 13.1. The molecule has 0 aromatic carbocycles. The number of nitrogens with one attached hydrogen (secondary N) is 2. The van der Waals surface area contributed by atoms with Gasteiger partial charge in [-0.25, -0.2) is 0 Å². The molecule has 0 bridgehead atoms. The predicted molar refractivity (Wildman–Crippen MR) is 115 cm³/mol. The molecule has 2 aromatic rings. The Morgan fingerprint density at radius 3 is 2.44 bits per heavy atom. The molecule has 2 aliphatic rings. The number of hydrogen-bond donors (Lipinski definition) is 2. The van der Waals surface area contributed by atoms with E-state index < -0.39 is 11.7 Å². The van der Waals surface area contributed by atoms with Gasteiger partial charge in [0.15, 0.2) is 0 Å². The van der Waals surface area contributed by atoms with Crippen molar-refractivity contribution in [3.63, 3.8) is 0 Å². The van der Waals surface area contributed by atoms with Crippen LogP contribution in [0, 0.1) is 0 Å². The van der Waals surface area contributed by atoms with Gasteiger partial charge < -0.3 is 10.6 Å². The fourth-order valence-corrected chi connectivity index (χ4v) is 3.77. The third-order valence-corrected chi connectivity index (χ3v) is 5.65. The number of aromatic nitrogens is 5. The molecular formula is C20H26F3N9. The molecule has 0 saturated heterocycles. The van der Waals surface area contributed by atoms with Crippen LogP contribution >= 0.6 is 0 Å². The second-order valence-corrected chi connectivity index (χ2v) is 7.91. The topological polar surface area (TPSA) is 97.3 Å². The number of aliphatic imine (C=N–C) groups is 2. The monoisotopic (exact) mass is 449 g/mol. The highest BCUT2D eigenvalue weighted by Gasteiger charge is 2.39. The number of halogens is 3. The van der Waals surface area contributed by atoms with E-state index in [4.69, 9.17) is 0 Å². The third-order valence-electron chi connectivity index (χ3n) is 5.65. The minimum absolute atomic E-state index is 0.149. The van der Waals surface area contributed by atoms with E-state index >= 15 is 0 Å². The van der Waals surface area contributed by atoms with Crippen LogP contribution in [0.2, 0.25) is 0 Å². The van der Waals surface area contributed by atoms with Crippen molar-refractivity contribution < 1.29 is 13.2 Å². The molecule has 2 heterocycles. The number of amidine groups is 1. The highest BCUT2D eigenvalue weighted by Crippen LogP contribution is 2.48. The summed E-state index contributed by atoms with van der Waals surface area (Å²) in [5.74, 6) is 0.159. The van der Waals surface area contributed by atoms with Crippen molar-refractivity contribution in [2.75, 3.05) is 18.9 Å². The molecule has 2 aromatic heterocycles. The van der Waals surface area contributed by atoms with Crippen LogP contribution in [0.25, 0.3) is 0 Å². The van der Waals surface area contributed by atoms with Crippen LogP contribution in [0.5, 0.6) is 0 Å². The lowest BCUT2D eigenvalue weighted by molar-refractivity contribution is -0.0859. The number of rotatable bonds is 6. The SMILES string of the molecule is C=C(C(=NCC)NC(=NC)Nc1cnn(C2CC(n3nccn3)C2)c1C1CC1)C(F)(F)F. The molecular weight excluding hydrogens is 423 g/mol. The Balaban J connectivity index is 1.49. The fourth-order valence-electron chi connectivity index (χ4n) is 3.77. The van der Waals surface area contributed by atoms with E-state index in [0.717, 1.165) is 37.1 Å². The maximum Gasteiger partial charge on any atom is 0.419 e. The first kappa shape index (κ1) is 22.0. The molecule has 4 rings (SSSR count). The summed E-state index contributed by atoms with van der Waals surface area (Å²) < 4.78 is 41.5. The third kappa shape index (κ3) is 4.53. The van der Waals surface area contributed by atoms with Gasteiger partial charge in [0.2, 0.25) is 5.96 Å². The molecule has 2 fully saturated rings. The number of guanidine groups is 1. The lowest BCUT2D eigenvalue weighted by Crippen LogP contribution is -2.40. The van der Waals surface area contributed by atoms with E-state index in [1.807, 2.05) is 4.68 Å². The van der Waals surface area contributed by atoms with Crippen molar-refractivity contribution >= 4 is 17.5 Å². The lowest BCUT2D eigenvalue weighted by atomic mass is 9.87. The van der Waals surface area contributed by atoms with Crippen LogP contribution in [-0.2, 0) is 0 Å². The lowest BCUT2D eigenvalue weighted by Gasteiger charge is -2.35. The molecule has 12 heteroatoms. The molecule has 32 heavy (non-hydrogen) atoms. The van der Waals surface area contributed by atoms with Crippen LogP contribution in [0.4, 0.5) is 18.9 Å². The van der Waals surface area contributed by atoms with Gasteiger partial charge in [0.25, 0.3) is 0 Å². The minimum Gasteiger partial charge on any atom is -0.323 e. The quantitative estimate of drug-likeness (QED) is 0.520. The Morgan fingerprint density at radius 2 is 1.88 bits per heavy atom. The molecule has 0 aliphatic heterocycles. The molecule has 9 nitrogen and oxygen atoms in total. The van der Waals surface area contributed by atoms with Crippen molar-refractivity contribution in [1.82, 2.24) is 30.1 Å². The van der Waals surface area contributed by atoms with Gasteiger partial charge in [0, 0.05) is 19.5 Å². The van der Waals surface area contributed by atoms with E-state index in [1.54, 1.807) is 30.3 Å². The van der Waals surface area contributed by atoms with Gasteiger partial charge in [-0.2, -0.15) is 33.3 Å². The second-order valence-electron chi connectivity index (χ2n) is 7.91. The molecule has 0 radical (unpaired) electrons. The van der Waals surface area contributed by atoms with Gasteiger partial charge >= 0.3 is 6.18 Å². The van der Waals surface area contributed by atoms with E-state index in [2.05, 4.69) is 42.5 Å². The van der Waals surface area contributed by atoms with Crippen LogP contribution < -0.4 is 10.6 Å². The van der Waals surface area contributed by atoms with Gasteiger partial charge in [-0.1, -0.05) is 6.58 Å². The molecule has 0 unspecified atom stereocenters. The Labute approximate surface area is 183 Å². The number of hydrogen-bond acceptors (Lipinski definition) is 5. The first-order valence-electron chi connectivity index (χ1n) is 10.6. The smallest absolute Gasteiger partial charge is 0.323 e. The second kappa shape index (κ2) is 8.75. The van der Waals surface area contributed by atoms with E-state index in [9.17, 15) is 13.2 Å². The zero-order chi connectivity index (χ0) is 22.9. The highest BCUT2D eigenvalue weighted by atomic mass is 19.4. The van der Waals surface area contributed by atoms with Gasteiger partial charge in [-0.15, -0.1) is 0 Å². The molecule has 0 atom stereocenters. The zero-order valence-corrected chi connectivity index (χ0v) is 18.0. The Morgan fingerprint density at radius 1 is 1.19 bits per heavy atom. The Kier molecular flexibility index (Phi) is 6.02. The average Bonchev–Trinajstić information content (AvgIpc) is 3.25. The van der Waals surface area contributed by atoms with Crippen LogP contribution in [0.1, 0.15) is 56.3 Å². The van der Waals surface area contributed by atoms with E-state index in [-0.39, 0.29) is 30.4 Å². The van der Waals surface area contributed by atoms with Crippen LogP contribution in [-0.4, -0.2) is 56.3 Å². The van der Waals surface area contributed by atoms with Gasteiger partial charge in [0.05, 0.1) is 47.6 Å². The maximum absolute atomic E-state index is 13.1. The number of anilines is 1. The summed E-state index contributed by atoms with van der Waals surface area (Å²) >= 11 is 0. The van der Waals surface area contributed by atoms with E-state index in [1.165, 1.54) is 7.05 Å². The van der Waals surface area contributed by atoms with Crippen molar-refractivity contribution in [1.29, 1.82) is 0 Å². The van der Waals surface area contributed by atoms with Crippen molar-refractivity contribution in [2.24, 2.45) is 9.98 Å². The average molecular weight is 449 g/mol. The van der Waals surface area contributed by atoms with E-state index in [0.29, 0.717) is 5.92 Å². The highest BCUT2D eigenvalue weighted by molar-refractivity contribution is 6.12. The molecule has 172 valence electrons. The van der Waals surface area contributed by atoms with Crippen molar-refractivity contribution in [3.8, 4) is 0 Å². The first-order chi connectivity index (χ1) is 15.3. The summed E-state index contributed by atoms with van der Waals surface area (Å²) in [6, 6.07) is 0.479. The summed E-state index contributed by atoms with van der Waals surface area (Å²) in [6.07, 6.45) is 4.31. The fraction of sp³-hybridized carbons (Fsp3) is 0.550. The summed E-state index contributed by atoms with van der Waals surface area (Å²) in [5.41, 5.74) is 0.733. The zero-order valence-electron chi connectivity index (χ0n) is 18.0. The summed E-state index contributed by atoms with van der Waals surface area (Å²) in [5, 5.41) is 18.8. The minimum atomic E-state index is -4.59. The Hall–Kier alpha value is -3.18. The van der Waals surface area contributed by atoms with Crippen molar-refractivity contribution in [2.45, 2.75) is 56.8 Å². The normalized spacial score (nSPS) is 21.9. The first-order valence-corrected chi connectivity index (χ1v) is 10.6. The van der Waals surface area contributed by atoms with Crippen LogP contribution in [0.3, 0.4) is 0 Å². The predicted octanol–water partition coefficient (Wildman–Crippen LogP) is 3.45. The summed E-state index contributed by atoms with van der Waals surface area (Å²) in [4.78, 5) is 9.71. The molecule has 2 aliphatic carbocycles. The summed E-state index contributed by atoms with van der Waals surface area (Å²) in [7, 11) is 1.49. The van der Waals surface area contributed by atoms with Crippen LogP contribution in [0.15, 0.2) is 40.7 Å². The van der Waals surface area contributed by atoms with Crippen molar-refractivity contribution in [3.05, 3.63) is 36.4 Å². The number of alkyl halides is 3.